The molecule has 0 fully saturated rings. The number of ether oxygens (including phenoxy) is 2. The quantitative estimate of drug-likeness (QED) is 0.573. The van der Waals surface area contributed by atoms with Gasteiger partial charge in [-0.2, -0.15) is 4.98 Å². The van der Waals surface area contributed by atoms with Crippen LogP contribution in [0.1, 0.15) is 25.6 Å². The summed E-state index contributed by atoms with van der Waals surface area (Å²) < 4.78 is 11.2. The molecular formula is C14H19ClN2O2S. The minimum absolute atomic E-state index is 0.222. The summed E-state index contributed by atoms with van der Waals surface area (Å²) in [4.78, 5) is 10.5. The molecule has 2 rings (SSSR count). The molecule has 0 atom stereocenters. The Morgan fingerprint density at radius 3 is 2.80 bits per heavy atom. The van der Waals surface area contributed by atoms with Crippen molar-refractivity contribution in [2.24, 2.45) is 5.92 Å². The van der Waals surface area contributed by atoms with Crippen molar-refractivity contribution in [3.05, 3.63) is 16.2 Å². The number of rotatable bonds is 7. The molecule has 0 aliphatic rings. The van der Waals surface area contributed by atoms with Crippen LogP contribution in [0.5, 0.6) is 5.88 Å². The van der Waals surface area contributed by atoms with Crippen LogP contribution in [-0.2, 0) is 11.2 Å². The first-order chi connectivity index (χ1) is 9.60. The number of fused-ring (bicyclic) bond motifs is 1. The summed E-state index contributed by atoms with van der Waals surface area (Å²) in [6.45, 7) is 8.10. The number of nitrogens with zero attached hydrogens (tertiary/aromatic N) is 2. The third-order valence-electron chi connectivity index (χ3n) is 2.65. The molecule has 6 heteroatoms. The molecule has 0 bridgehead atoms. The molecule has 0 saturated heterocycles. The summed E-state index contributed by atoms with van der Waals surface area (Å²) in [7, 11) is 0. The molecule has 0 spiro atoms. The van der Waals surface area contributed by atoms with Crippen LogP contribution in [0, 0.1) is 5.92 Å². The summed E-state index contributed by atoms with van der Waals surface area (Å²) >= 11 is 7.56. The third-order valence-corrected chi connectivity index (χ3v) is 3.99. The van der Waals surface area contributed by atoms with E-state index in [1.54, 1.807) is 11.3 Å². The monoisotopic (exact) mass is 314 g/mol. The maximum Gasteiger partial charge on any atom is 0.227 e. The van der Waals surface area contributed by atoms with E-state index in [2.05, 4.69) is 36.8 Å². The summed E-state index contributed by atoms with van der Waals surface area (Å²) in [5, 5.41) is 1.15. The smallest absolute Gasteiger partial charge is 0.227 e. The van der Waals surface area contributed by atoms with Crippen LogP contribution < -0.4 is 4.74 Å². The number of aromatic nitrogens is 2. The van der Waals surface area contributed by atoms with E-state index < -0.39 is 0 Å². The highest BCUT2D eigenvalue weighted by atomic mass is 35.5. The Kier molecular flexibility index (Phi) is 5.57. The lowest BCUT2D eigenvalue weighted by molar-refractivity contribution is 0.0811. The number of hydrogen-bond acceptors (Lipinski definition) is 5. The van der Waals surface area contributed by atoms with Gasteiger partial charge in [-0.05, 0) is 30.0 Å². The van der Waals surface area contributed by atoms with E-state index in [0.717, 1.165) is 23.2 Å². The van der Waals surface area contributed by atoms with Gasteiger partial charge in [0.1, 0.15) is 11.4 Å². The minimum Gasteiger partial charge on any atom is -0.475 e. The standard InChI is InChI=1S/C14H19ClN2O2S/c1-4-10-7-11-12(16-14(15)17-13(11)20-10)19-6-5-18-8-9(2)3/h7,9H,4-6,8H2,1-3H3. The van der Waals surface area contributed by atoms with E-state index in [9.17, 15) is 0 Å². The van der Waals surface area contributed by atoms with Crippen LogP contribution in [-0.4, -0.2) is 29.8 Å². The molecule has 2 heterocycles. The van der Waals surface area contributed by atoms with E-state index in [0.29, 0.717) is 25.0 Å². The fourth-order valence-corrected chi connectivity index (χ4v) is 2.89. The molecule has 0 aromatic carbocycles. The van der Waals surface area contributed by atoms with E-state index in [-0.39, 0.29) is 5.28 Å². The second-order valence-electron chi connectivity index (χ2n) is 4.90. The normalized spacial score (nSPS) is 11.4. The predicted octanol–water partition coefficient (Wildman–Crippen LogP) is 3.96. The summed E-state index contributed by atoms with van der Waals surface area (Å²) in [5.74, 6) is 1.07. The Labute approximate surface area is 128 Å². The van der Waals surface area contributed by atoms with Crippen molar-refractivity contribution in [2.45, 2.75) is 27.2 Å². The SMILES string of the molecule is CCc1cc2c(OCCOCC(C)C)nc(Cl)nc2s1. The first kappa shape index (κ1) is 15.5. The molecule has 110 valence electrons. The van der Waals surface area contributed by atoms with Crippen molar-refractivity contribution in [3.63, 3.8) is 0 Å². The number of thiophene rings is 1. The van der Waals surface area contributed by atoms with Crippen molar-refractivity contribution in [1.29, 1.82) is 0 Å². The van der Waals surface area contributed by atoms with Crippen molar-refractivity contribution >= 4 is 33.2 Å². The summed E-state index contributed by atoms with van der Waals surface area (Å²) in [6, 6.07) is 2.07. The molecule has 0 aliphatic heterocycles. The van der Waals surface area contributed by atoms with Crippen LogP contribution in [0.2, 0.25) is 5.28 Å². The first-order valence-corrected chi connectivity index (χ1v) is 7.96. The average Bonchev–Trinajstić information content (AvgIpc) is 2.80. The van der Waals surface area contributed by atoms with Gasteiger partial charge in [0.2, 0.25) is 11.2 Å². The molecule has 0 radical (unpaired) electrons. The lowest BCUT2D eigenvalue weighted by Gasteiger charge is -2.08. The number of aryl methyl sites for hydroxylation is 1. The first-order valence-electron chi connectivity index (χ1n) is 6.76. The van der Waals surface area contributed by atoms with Crippen LogP contribution >= 0.6 is 22.9 Å². The Hall–Kier alpha value is -0.910. The van der Waals surface area contributed by atoms with Crippen molar-refractivity contribution in [3.8, 4) is 5.88 Å². The number of hydrogen-bond donors (Lipinski definition) is 0. The van der Waals surface area contributed by atoms with Gasteiger partial charge in [-0.1, -0.05) is 20.8 Å². The van der Waals surface area contributed by atoms with Gasteiger partial charge in [-0.25, -0.2) is 4.98 Å². The van der Waals surface area contributed by atoms with E-state index in [1.807, 2.05) is 0 Å². The fourth-order valence-electron chi connectivity index (χ4n) is 1.72. The largest absolute Gasteiger partial charge is 0.475 e. The van der Waals surface area contributed by atoms with Gasteiger partial charge in [-0.15, -0.1) is 11.3 Å². The highest BCUT2D eigenvalue weighted by Gasteiger charge is 2.11. The second kappa shape index (κ2) is 7.20. The van der Waals surface area contributed by atoms with Gasteiger partial charge in [0.05, 0.1) is 12.0 Å². The molecule has 2 aromatic heterocycles. The molecule has 4 nitrogen and oxygen atoms in total. The van der Waals surface area contributed by atoms with Crippen molar-refractivity contribution in [2.75, 3.05) is 19.8 Å². The third kappa shape index (κ3) is 4.04. The highest BCUT2D eigenvalue weighted by molar-refractivity contribution is 7.18. The maximum absolute atomic E-state index is 5.93. The zero-order valence-electron chi connectivity index (χ0n) is 12.0. The summed E-state index contributed by atoms with van der Waals surface area (Å²) in [5.41, 5.74) is 0. The van der Waals surface area contributed by atoms with Gasteiger partial charge in [0, 0.05) is 11.5 Å². The van der Waals surface area contributed by atoms with E-state index >= 15 is 0 Å². The van der Waals surface area contributed by atoms with Gasteiger partial charge in [0.25, 0.3) is 0 Å². The molecular weight excluding hydrogens is 296 g/mol. The Balaban J connectivity index is 2.03. The van der Waals surface area contributed by atoms with Gasteiger partial charge >= 0.3 is 0 Å². The molecule has 0 amide bonds. The lowest BCUT2D eigenvalue weighted by Crippen LogP contribution is -2.11. The van der Waals surface area contributed by atoms with E-state index in [1.165, 1.54) is 4.88 Å². The molecule has 20 heavy (non-hydrogen) atoms. The summed E-state index contributed by atoms with van der Waals surface area (Å²) in [6.07, 6.45) is 0.968. The average molecular weight is 315 g/mol. The van der Waals surface area contributed by atoms with Gasteiger partial charge in [-0.3, -0.25) is 0 Å². The van der Waals surface area contributed by atoms with Crippen LogP contribution in [0.4, 0.5) is 0 Å². The number of halogens is 1. The van der Waals surface area contributed by atoms with Crippen molar-refractivity contribution < 1.29 is 9.47 Å². The molecule has 2 aromatic rings. The van der Waals surface area contributed by atoms with Gasteiger partial charge < -0.3 is 9.47 Å². The Bertz CT molecular complexity index is 572. The lowest BCUT2D eigenvalue weighted by atomic mass is 10.2. The van der Waals surface area contributed by atoms with Crippen LogP contribution in [0.15, 0.2) is 6.07 Å². The van der Waals surface area contributed by atoms with Gasteiger partial charge in [0.15, 0.2) is 0 Å². The highest BCUT2D eigenvalue weighted by Crippen LogP contribution is 2.31. The molecule has 0 saturated carbocycles. The van der Waals surface area contributed by atoms with Crippen LogP contribution in [0.25, 0.3) is 10.2 Å². The topological polar surface area (TPSA) is 44.2 Å². The fraction of sp³-hybridized carbons (Fsp3) is 0.571. The molecule has 0 aliphatic carbocycles. The zero-order valence-corrected chi connectivity index (χ0v) is 13.6. The van der Waals surface area contributed by atoms with Crippen molar-refractivity contribution in [1.82, 2.24) is 9.97 Å². The minimum atomic E-state index is 0.222. The maximum atomic E-state index is 5.93. The van der Waals surface area contributed by atoms with E-state index in [4.69, 9.17) is 21.1 Å². The molecule has 0 N–H and O–H groups in total. The zero-order chi connectivity index (χ0) is 14.5. The predicted molar refractivity (Wildman–Crippen MR) is 83.0 cm³/mol. The second-order valence-corrected chi connectivity index (χ2v) is 6.35. The van der Waals surface area contributed by atoms with Crippen LogP contribution in [0.3, 0.4) is 0 Å². The molecule has 0 unspecified atom stereocenters. The Morgan fingerprint density at radius 1 is 1.30 bits per heavy atom. The Morgan fingerprint density at radius 2 is 2.10 bits per heavy atom.